The molecular weight excluding hydrogens is 276 g/mol. The van der Waals surface area contributed by atoms with Crippen molar-refractivity contribution < 1.29 is 4.79 Å². The molecule has 1 aromatic heterocycles. The van der Waals surface area contributed by atoms with Crippen LogP contribution in [0.25, 0.3) is 0 Å². The van der Waals surface area contributed by atoms with Crippen LogP contribution in [0.1, 0.15) is 39.0 Å². The molecule has 5 heteroatoms. The van der Waals surface area contributed by atoms with E-state index in [-0.39, 0.29) is 12.1 Å². The number of amides is 2. The average molecular weight is 302 g/mol. The van der Waals surface area contributed by atoms with E-state index >= 15 is 0 Å². The molecule has 2 N–H and O–H groups in total. The maximum absolute atomic E-state index is 12.1. The number of carbonyl (C=O) groups is 1. The number of hydrogen-bond acceptors (Lipinski definition) is 3. The van der Waals surface area contributed by atoms with E-state index in [1.807, 2.05) is 24.4 Å². The number of anilines is 1. The monoisotopic (exact) mass is 302 g/mol. The first-order valence-corrected chi connectivity index (χ1v) is 8.45. The quantitative estimate of drug-likeness (QED) is 0.902. The molecule has 0 bridgehead atoms. The minimum atomic E-state index is 0.00929. The SMILES string of the molecule is C[C@H]1CCC[C@@H]1NC(=O)NC1CCN(c2ccccn2)CC1. The third-order valence-electron chi connectivity index (χ3n) is 4.98. The Bertz CT molecular complexity index is 485. The Morgan fingerprint density at radius 2 is 2.00 bits per heavy atom. The van der Waals surface area contributed by atoms with Crippen LogP contribution in [0.2, 0.25) is 0 Å². The normalized spacial score (nSPS) is 26.0. The number of rotatable bonds is 3. The third-order valence-corrected chi connectivity index (χ3v) is 4.98. The van der Waals surface area contributed by atoms with E-state index < -0.39 is 0 Å². The van der Waals surface area contributed by atoms with Crippen molar-refractivity contribution >= 4 is 11.8 Å². The summed E-state index contributed by atoms with van der Waals surface area (Å²) in [6.45, 7) is 4.12. The number of pyridine rings is 1. The van der Waals surface area contributed by atoms with Crippen molar-refractivity contribution in [2.24, 2.45) is 5.92 Å². The fourth-order valence-corrected chi connectivity index (χ4v) is 3.55. The second-order valence-electron chi connectivity index (χ2n) is 6.58. The second-order valence-corrected chi connectivity index (χ2v) is 6.58. The lowest BCUT2D eigenvalue weighted by molar-refractivity contribution is 0.228. The van der Waals surface area contributed by atoms with Gasteiger partial charge in [0.2, 0.25) is 0 Å². The summed E-state index contributed by atoms with van der Waals surface area (Å²) < 4.78 is 0. The van der Waals surface area contributed by atoms with Crippen LogP contribution in [0.3, 0.4) is 0 Å². The first kappa shape index (κ1) is 15.1. The molecule has 2 heterocycles. The van der Waals surface area contributed by atoms with Gasteiger partial charge in [-0.05, 0) is 43.7 Å². The second kappa shape index (κ2) is 6.99. The smallest absolute Gasteiger partial charge is 0.315 e. The van der Waals surface area contributed by atoms with Gasteiger partial charge in [-0.1, -0.05) is 19.4 Å². The van der Waals surface area contributed by atoms with Gasteiger partial charge < -0.3 is 15.5 Å². The summed E-state index contributed by atoms with van der Waals surface area (Å²) in [4.78, 5) is 18.8. The first-order valence-electron chi connectivity index (χ1n) is 8.45. The number of nitrogens with zero attached hydrogens (tertiary/aromatic N) is 2. The molecule has 120 valence electrons. The summed E-state index contributed by atoms with van der Waals surface area (Å²) in [5, 5.41) is 6.28. The van der Waals surface area contributed by atoms with Gasteiger partial charge in [-0.3, -0.25) is 0 Å². The zero-order chi connectivity index (χ0) is 15.4. The van der Waals surface area contributed by atoms with Crippen molar-refractivity contribution in [3.05, 3.63) is 24.4 Å². The molecule has 2 atom stereocenters. The molecule has 1 aliphatic heterocycles. The van der Waals surface area contributed by atoms with Crippen LogP contribution in [-0.4, -0.2) is 36.2 Å². The predicted octanol–water partition coefficient (Wildman–Crippen LogP) is 2.54. The van der Waals surface area contributed by atoms with Crippen LogP contribution in [-0.2, 0) is 0 Å². The Balaban J connectivity index is 1.43. The maximum Gasteiger partial charge on any atom is 0.315 e. The summed E-state index contributed by atoms with van der Waals surface area (Å²) in [5.41, 5.74) is 0. The van der Waals surface area contributed by atoms with Crippen molar-refractivity contribution in [3.63, 3.8) is 0 Å². The first-order chi connectivity index (χ1) is 10.7. The molecule has 3 rings (SSSR count). The van der Waals surface area contributed by atoms with Crippen LogP contribution in [0.4, 0.5) is 10.6 Å². The van der Waals surface area contributed by atoms with Gasteiger partial charge in [0.05, 0.1) is 0 Å². The molecule has 2 amide bonds. The highest BCUT2D eigenvalue weighted by molar-refractivity contribution is 5.74. The van der Waals surface area contributed by atoms with Crippen molar-refractivity contribution in [1.29, 1.82) is 0 Å². The Morgan fingerprint density at radius 1 is 1.18 bits per heavy atom. The van der Waals surface area contributed by atoms with Gasteiger partial charge in [0.15, 0.2) is 0 Å². The highest BCUT2D eigenvalue weighted by Crippen LogP contribution is 2.24. The number of urea groups is 1. The van der Waals surface area contributed by atoms with Gasteiger partial charge in [0.25, 0.3) is 0 Å². The van der Waals surface area contributed by atoms with E-state index in [4.69, 9.17) is 0 Å². The number of aromatic nitrogens is 1. The predicted molar refractivity (Wildman–Crippen MR) is 87.9 cm³/mol. The van der Waals surface area contributed by atoms with Gasteiger partial charge in [0, 0.05) is 31.4 Å². The van der Waals surface area contributed by atoms with E-state index in [9.17, 15) is 4.79 Å². The molecule has 1 saturated carbocycles. The Kier molecular flexibility index (Phi) is 4.80. The van der Waals surface area contributed by atoms with E-state index in [2.05, 4.69) is 27.4 Å². The van der Waals surface area contributed by atoms with Crippen molar-refractivity contribution in [2.75, 3.05) is 18.0 Å². The molecule has 5 nitrogen and oxygen atoms in total. The number of hydrogen-bond donors (Lipinski definition) is 2. The van der Waals surface area contributed by atoms with Crippen molar-refractivity contribution in [2.45, 2.75) is 51.1 Å². The topological polar surface area (TPSA) is 57.3 Å². The summed E-state index contributed by atoms with van der Waals surface area (Å²) in [6.07, 6.45) is 7.36. The Labute approximate surface area is 132 Å². The van der Waals surface area contributed by atoms with E-state index in [1.165, 1.54) is 12.8 Å². The van der Waals surface area contributed by atoms with Crippen LogP contribution >= 0.6 is 0 Å². The van der Waals surface area contributed by atoms with E-state index in [0.29, 0.717) is 12.0 Å². The lowest BCUT2D eigenvalue weighted by atomic mass is 10.0. The van der Waals surface area contributed by atoms with Gasteiger partial charge in [-0.15, -0.1) is 0 Å². The lowest BCUT2D eigenvalue weighted by Crippen LogP contribution is -2.50. The number of carbonyl (C=O) groups excluding carboxylic acids is 1. The van der Waals surface area contributed by atoms with Crippen LogP contribution in [0, 0.1) is 5.92 Å². The van der Waals surface area contributed by atoms with Gasteiger partial charge in [-0.25, -0.2) is 9.78 Å². The fourth-order valence-electron chi connectivity index (χ4n) is 3.55. The average Bonchev–Trinajstić information content (AvgIpc) is 2.94. The summed E-state index contributed by atoms with van der Waals surface area (Å²) in [6, 6.07) is 6.64. The lowest BCUT2D eigenvalue weighted by Gasteiger charge is -2.33. The highest BCUT2D eigenvalue weighted by atomic mass is 16.2. The summed E-state index contributed by atoms with van der Waals surface area (Å²) >= 11 is 0. The van der Waals surface area contributed by atoms with E-state index in [1.54, 1.807) is 0 Å². The molecule has 1 saturated heterocycles. The van der Waals surface area contributed by atoms with E-state index in [0.717, 1.165) is 38.2 Å². The van der Waals surface area contributed by atoms with Crippen molar-refractivity contribution in [3.8, 4) is 0 Å². The molecule has 2 fully saturated rings. The zero-order valence-electron chi connectivity index (χ0n) is 13.3. The largest absolute Gasteiger partial charge is 0.356 e. The van der Waals surface area contributed by atoms with Gasteiger partial charge in [-0.2, -0.15) is 0 Å². The van der Waals surface area contributed by atoms with Gasteiger partial charge >= 0.3 is 6.03 Å². The van der Waals surface area contributed by atoms with Crippen molar-refractivity contribution in [1.82, 2.24) is 15.6 Å². The van der Waals surface area contributed by atoms with Crippen LogP contribution in [0.15, 0.2) is 24.4 Å². The maximum atomic E-state index is 12.1. The van der Waals surface area contributed by atoms with Crippen LogP contribution in [0.5, 0.6) is 0 Å². The zero-order valence-corrected chi connectivity index (χ0v) is 13.3. The fraction of sp³-hybridized carbons (Fsp3) is 0.647. The molecule has 0 unspecified atom stereocenters. The van der Waals surface area contributed by atoms with Gasteiger partial charge in [0.1, 0.15) is 5.82 Å². The number of piperidine rings is 1. The third kappa shape index (κ3) is 3.70. The van der Waals surface area contributed by atoms with Crippen LogP contribution < -0.4 is 15.5 Å². The molecule has 0 spiro atoms. The molecule has 22 heavy (non-hydrogen) atoms. The highest BCUT2D eigenvalue weighted by Gasteiger charge is 2.26. The summed E-state index contributed by atoms with van der Waals surface area (Å²) in [7, 11) is 0. The summed E-state index contributed by atoms with van der Waals surface area (Å²) in [5.74, 6) is 1.64. The molecular formula is C17H26N4O. The molecule has 2 aliphatic rings. The minimum Gasteiger partial charge on any atom is -0.356 e. The molecule has 0 radical (unpaired) electrons. The number of nitrogens with one attached hydrogen (secondary N) is 2. The molecule has 1 aromatic rings. The standard InChI is InChI=1S/C17H26N4O/c1-13-5-4-6-15(13)20-17(22)19-14-8-11-21(12-9-14)16-7-2-3-10-18-16/h2-3,7,10,13-15H,4-6,8-9,11-12H2,1H3,(H2,19,20,22)/t13-,15-/m0/s1. The molecule has 1 aliphatic carbocycles. The Hall–Kier alpha value is -1.78. The minimum absolute atomic E-state index is 0.00929. The Morgan fingerprint density at radius 3 is 2.64 bits per heavy atom. The molecule has 0 aromatic carbocycles.